The molecule has 4 rings (SSSR count). The number of ketones is 1. The molecule has 1 atom stereocenters. The number of imidazole rings is 1. The van der Waals surface area contributed by atoms with Gasteiger partial charge in [0, 0.05) is 48.4 Å². The average Bonchev–Trinajstić information content (AvgIpc) is 3.63. The summed E-state index contributed by atoms with van der Waals surface area (Å²) in [7, 11) is 0. The van der Waals surface area contributed by atoms with E-state index in [0.29, 0.717) is 43.7 Å². The Morgan fingerprint density at radius 2 is 1.81 bits per heavy atom. The highest BCUT2D eigenvalue weighted by Gasteiger charge is 2.25. The standard InChI is InChI=1S/C35H45N3O3S/c1-5-29(6-2)38-32-16-15-27(21-31(32)37-34(38)23-30-14-10-19-42-30)33(39)22-28(20-25(3)4)35(40)36-17-11-18-41-24-26-12-8-7-9-13-26/h7-10,12-16,19,21,25,28-29H,5-6,11,17-18,20,22-24H2,1-4H3,(H,36,40)/t28-/m1/s1. The molecule has 2 aromatic heterocycles. The van der Waals surface area contributed by atoms with Gasteiger partial charge in [0.1, 0.15) is 5.82 Å². The Morgan fingerprint density at radius 3 is 2.50 bits per heavy atom. The normalized spacial score (nSPS) is 12.3. The highest BCUT2D eigenvalue weighted by molar-refractivity contribution is 7.09. The Balaban J connectivity index is 1.40. The number of carbonyl (C=O) groups is 2. The zero-order valence-electron chi connectivity index (χ0n) is 25.5. The molecule has 0 aliphatic heterocycles. The first-order valence-corrected chi connectivity index (χ1v) is 16.2. The molecule has 0 radical (unpaired) electrons. The lowest BCUT2D eigenvalue weighted by Gasteiger charge is -2.19. The number of thiophene rings is 1. The van der Waals surface area contributed by atoms with Gasteiger partial charge in [-0.25, -0.2) is 4.98 Å². The molecule has 1 amide bonds. The maximum atomic E-state index is 13.5. The number of rotatable bonds is 17. The molecule has 224 valence electrons. The molecule has 0 spiro atoms. The van der Waals surface area contributed by atoms with Crippen LogP contribution < -0.4 is 5.32 Å². The summed E-state index contributed by atoms with van der Waals surface area (Å²) >= 11 is 1.74. The Bertz CT molecular complexity index is 1410. The van der Waals surface area contributed by atoms with Crippen molar-refractivity contribution >= 4 is 34.1 Å². The number of nitrogens with one attached hydrogen (secondary N) is 1. The predicted octanol–water partition coefficient (Wildman–Crippen LogP) is 8.01. The third kappa shape index (κ3) is 8.62. The monoisotopic (exact) mass is 587 g/mol. The Labute approximate surface area is 254 Å². The van der Waals surface area contributed by atoms with E-state index in [2.05, 4.69) is 55.1 Å². The predicted molar refractivity (Wildman–Crippen MR) is 172 cm³/mol. The van der Waals surface area contributed by atoms with Crippen molar-refractivity contribution in [2.24, 2.45) is 11.8 Å². The second-order valence-electron chi connectivity index (χ2n) is 11.5. The van der Waals surface area contributed by atoms with Gasteiger partial charge in [-0.3, -0.25) is 9.59 Å². The molecule has 4 aromatic rings. The smallest absolute Gasteiger partial charge is 0.223 e. The van der Waals surface area contributed by atoms with Crippen molar-refractivity contribution in [2.45, 2.75) is 78.9 Å². The molecular formula is C35H45N3O3S. The molecule has 0 unspecified atom stereocenters. The minimum atomic E-state index is -0.366. The van der Waals surface area contributed by atoms with Crippen LogP contribution in [0, 0.1) is 11.8 Å². The van der Waals surface area contributed by atoms with Gasteiger partial charge < -0.3 is 14.6 Å². The number of benzene rings is 2. The number of ether oxygens (including phenoxy) is 1. The van der Waals surface area contributed by atoms with E-state index in [1.807, 2.05) is 48.5 Å². The third-order valence-corrected chi connectivity index (χ3v) is 8.62. The molecule has 0 saturated carbocycles. The molecular weight excluding hydrogens is 542 g/mol. The number of fused-ring (bicyclic) bond motifs is 1. The Morgan fingerprint density at radius 1 is 1.02 bits per heavy atom. The molecule has 6 nitrogen and oxygen atoms in total. The maximum Gasteiger partial charge on any atom is 0.223 e. The lowest BCUT2D eigenvalue weighted by molar-refractivity contribution is -0.125. The van der Waals surface area contributed by atoms with Crippen LogP contribution in [0.25, 0.3) is 11.0 Å². The topological polar surface area (TPSA) is 73.2 Å². The van der Waals surface area contributed by atoms with Crippen LogP contribution in [0.5, 0.6) is 0 Å². The first-order chi connectivity index (χ1) is 20.4. The van der Waals surface area contributed by atoms with Gasteiger partial charge in [-0.15, -0.1) is 11.3 Å². The van der Waals surface area contributed by atoms with Crippen LogP contribution in [0.4, 0.5) is 0 Å². The molecule has 2 aromatic carbocycles. The van der Waals surface area contributed by atoms with Crippen LogP contribution in [0.2, 0.25) is 0 Å². The van der Waals surface area contributed by atoms with Crippen LogP contribution in [0.3, 0.4) is 0 Å². The number of aromatic nitrogens is 2. The maximum absolute atomic E-state index is 13.5. The Hall–Kier alpha value is -3.29. The van der Waals surface area contributed by atoms with Gasteiger partial charge in [0.05, 0.1) is 17.6 Å². The van der Waals surface area contributed by atoms with Crippen molar-refractivity contribution < 1.29 is 14.3 Å². The molecule has 1 N–H and O–H groups in total. The minimum Gasteiger partial charge on any atom is -0.377 e. The van der Waals surface area contributed by atoms with E-state index in [-0.39, 0.29) is 24.0 Å². The lowest BCUT2D eigenvalue weighted by Crippen LogP contribution is -2.34. The number of nitrogens with zero attached hydrogens (tertiary/aromatic N) is 2. The van der Waals surface area contributed by atoms with Crippen molar-refractivity contribution in [3.05, 3.63) is 87.9 Å². The molecule has 0 bridgehead atoms. The molecule has 7 heteroatoms. The van der Waals surface area contributed by atoms with E-state index in [9.17, 15) is 9.59 Å². The minimum absolute atomic E-state index is 0.0132. The summed E-state index contributed by atoms with van der Waals surface area (Å²) < 4.78 is 8.10. The third-order valence-electron chi connectivity index (χ3n) is 7.74. The number of hydrogen-bond donors (Lipinski definition) is 1. The van der Waals surface area contributed by atoms with E-state index >= 15 is 0 Å². The van der Waals surface area contributed by atoms with Crippen LogP contribution in [-0.4, -0.2) is 34.4 Å². The number of Topliss-reactive ketones (excluding diaryl/α,β-unsaturated/α-hetero) is 1. The van der Waals surface area contributed by atoms with E-state index in [1.54, 1.807) is 11.3 Å². The first kappa shape index (κ1) is 31.6. The SMILES string of the molecule is CCC(CC)n1c(Cc2cccs2)nc2cc(C(=O)C[C@@H](CC(C)C)C(=O)NCCCOCc3ccccc3)ccc21. The fourth-order valence-corrected chi connectivity index (χ4v) is 6.27. The van der Waals surface area contributed by atoms with Crippen LogP contribution in [-0.2, 0) is 22.6 Å². The molecule has 2 heterocycles. The molecule has 0 aliphatic carbocycles. The van der Waals surface area contributed by atoms with Gasteiger partial charge in [-0.1, -0.05) is 64.1 Å². The summed E-state index contributed by atoms with van der Waals surface area (Å²) in [6.07, 6.45) is 4.40. The zero-order chi connectivity index (χ0) is 29.9. The molecule has 0 saturated heterocycles. The fourth-order valence-electron chi connectivity index (χ4n) is 5.57. The van der Waals surface area contributed by atoms with Gasteiger partial charge in [-0.05, 0) is 66.8 Å². The van der Waals surface area contributed by atoms with Gasteiger partial charge in [0.25, 0.3) is 0 Å². The molecule has 42 heavy (non-hydrogen) atoms. The summed E-state index contributed by atoms with van der Waals surface area (Å²) in [5, 5.41) is 5.14. The van der Waals surface area contributed by atoms with Crippen LogP contribution in [0.1, 0.15) is 92.5 Å². The lowest BCUT2D eigenvalue weighted by atomic mass is 9.89. The van der Waals surface area contributed by atoms with E-state index in [1.165, 1.54) is 4.88 Å². The summed E-state index contributed by atoms with van der Waals surface area (Å²) in [5.74, 6) is 0.907. The quantitative estimate of drug-likeness (QED) is 0.100. The van der Waals surface area contributed by atoms with Crippen molar-refractivity contribution in [3.63, 3.8) is 0 Å². The highest BCUT2D eigenvalue weighted by Crippen LogP contribution is 2.29. The van der Waals surface area contributed by atoms with Crippen molar-refractivity contribution in [3.8, 4) is 0 Å². The van der Waals surface area contributed by atoms with Gasteiger partial charge >= 0.3 is 0 Å². The molecule has 0 aliphatic rings. The Kier molecular flexibility index (Phi) is 11.9. The average molecular weight is 588 g/mol. The highest BCUT2D eigenvalue weighted by atomic mass is 32.1. The summed E-state index contributed by atoms with van der Waals surface area (Å²) in [6, 6.07) is 20.5. The second-order valence-corrected chi connectivity index (χ2v) is 12.5. The van der Waals surface area contributed by atoms with Crippen molar-refractivity contribution in [1.29, 1.82) is 0 Å². The summed E-state index contributed by atoms with van der Waals surface area (Å²) in [5.41, 5.74) is 3.67. The second kappa shape index (κ2) is 15.8. The largest absolute Gasteiger partial charge is 0.377 e. The van der Waals surface area contributed by atoms with Gasteiger partial charge in [0.2, 0.25) is 5.91 Å². The number of hydrogen-bond acceptors (Lipinski definition) is 5. The van der Waals surface area contributed by atoms with E-state index in [0.717, 1.165) is 48.1 Å². The number of amides is 1. The van der Waals surface area contributed by atoms with E-state index in [4.69, 9.17) is 9.72 Å². The summed E-state index contributed by atoms with van der Waals surface area (Å²) in [4.78, 5) is 32.9. The van der Waals surface area contributed by atoms with Crippen LogP contribution in [0.15, 0.2) is 66.0 Å². The number of carbonyl (C=O) groups excluding carboxylic acids is 2. The van der Waals surface area contributed by atoms with Crippen molar-refractivity contribution in [1.82, 2.24) is 14.9 Å². The van der Waals surface area contributed by atoms with Gasteiger partial charge in [-0.2, -0.15) is 0 Å². The van der Waals surface area contributed by atoms with Crippen LogP contribution >= 0.6 is 11.3 Å². The summed E-state index contributed by atoms with van der Waals surface area (Å²) in [6.45, 7) is 10.3. The van der Waals surface area contributed by atoms with Gasteiger partial charge in [0.15, 0.2) is 5.78 Å². The molecule has 0 fully saturated rings. The fraction of sp³-hybridized carbons (Fsp3) is 0.457. The van der Waals surface area contributed by atoms with E-state index < -0.39 is 0 Å². The zero-order valence-corrected chi connectivity index (χ0v) is 26.3. The first-order valence-electron chi connectivity index (χ1n) is 15.3. The van der Waals surface area contributed by atoms with Crippen molar-refractivity contribution in [2.75, 3.05) is 13.2 Å².